The van der Waals surface area contributed by atoms with Crippen molar-refractivity contribution >= 4 is 39.1 Å². The number of halogens is 1. The molecule has 3 aromatic carbocycles. The van der Waals surface area contributed by atoms with E-state index >= 15 is 0 Å². The van der Waals surface area contributed by atoms with Gasteiger partial charge in [-0.2, -0.15) is 0 Å². The van der Waals surface area contributed by atoms with Gasteiger partial charge in [-0.3, -0.25) is 14.5 Å². The molecule has 0 bridgehead atoms. The van der Waals surface area contributed by atoms with Gasteiger partial charge < -0.3 is 14.6 Å². The number of rotatable bonds is 7. The fourth-order valence-electron chi connectivity index (χ4n) is 3.94. The van der Waals surface area contributed by atoms with E-state index in [9.17, 15) is 14.7 Å². The summed E-state index contributed by atoms with van der Waals surface area (Å²) in [5.74, 6) is -0.417. The third kappa shape index (κ3) is 4.43. The average molecular weight is 522 g/mol. The molecule has 1 aliphatic rings. The summed E-state index contributed by atoms with van der Waals surface area (Å²) < 4.78 is 11.6. The zero-order chi connectivity index (χ0) is 24.2. The summed E-state index contributed by atoms with van der Waals surface area (Å²) >= 11 is 3.41. The highest BCUT2D eigenvalue weighted by Crippen LogP contribution is 2.43. The molecule has 174 valence electrons. The van der Waals surface area contributed by atoms with Crippen LogP contribution in [-0.4, -0.2) is 30.5 Å². The normalized spacial score (nSPS) is 17.1. The maximum atomic E-state index is 13.2. The molecule has 1 N–H and O–H groups in total. The number of para-hydroxylation sites is 1. The van der Waals surface area contributed by atoms with E-state index in [0.717, 1.165) is 6.42 Å². The molecule has 1 aliphatic heterocycles. The van der Waals surface area contributed by atoms with Crippen LogP contribution >= 0.6 is 15.9 Å². The topological polar surface area (TPSA) is 76.1 Å². The number of benzene rings is 3. The van der Waals surface area contributed by atoms with Crippen molar-refractivity contribution in [1.29, 1.82) is 0 Å². The Hall–Kier alpha value is -3.58. The number of hydrogen-bond donors (Lipinski definition) is 1. The summed E-state index contributed by atoms with van der Waals surface area (Å²) in [6, 6.07) is 20.4. The van der Waals surface area contributed by atoms with E-state index in [1.54, 1.807) is 61.7 Å². The maximum absolute atomic E-state index is 13.2. The van der Waals surface area contributed by atoms with E-state index in [1.807, 2.05) is 25.1 Å². The van der Waals surface area contributed by atoms with Gasteiger partial charge in [0, 0.05) is 11.3 Å². The highest BCUT2D eigenvalue weighted by molar-refractivity contribution is 9.10. The van der Waals surface area contributed by atoms with Crippen LogP contribution in [0, 0.1) is 0 Å². The molecule has 7 heteroatoms. The third-order valence-electron chi connectivity index (χ3n) is 5.57. The molecule has 4 rings (SSSR count). The van der Waals surface area contributed by atoms with Crippen LogP contribution in [0.15, 0.2) is 82.8 Å². The zero-order valence-corrected chi connectivity index (χ0v) is 20.4. The smallest absolute Gasteiger partial charge is 0.300 e. The molecule has 0 radical (unpaired) electrons. The van der Waals surface area contributed by atoms with Gasteiger partial charge in [0.05, 0.1) is 29.8 Å². The molecule has 1 atom stereocenters. The summed E-state index contributed by atoms with van der Waals surface area (Å²) in [6.07, 6.45) is 0.882. The van der Waals surface area contributed by atoms with Crippen LogP contribution in [0.2, 0.25) is 0 Å². The first-order valence-corrected chi connectivity index (χ1v) is 11.7. The summed E-state index contributed by atoms with van der Waals surface area (Å²) in [5.41, 5.74) is 1.66. The lowest BCUT2D eigenvalue weighted by atomic mass is 9.95. The number of aliphatic hydroxyl groups is 1. The number of ketones is 1. The standard InChI is InChI=1S/C27H24BrNO5/c1-3-15-34-20-12-9-17(10-13-20)24-23(25(30)18-11-14-22(33-2)21(28)16-18)26(31)27(32)29(24)19-7-5-4-6-8-19/h4-14,16,24,30H,3,15H2,1-2H3/b25-23-. The van der Waals surface area contributed by atoms with Gasteiger partial charge in [-0.1, -0.05) is 37.3 Å². The minimum absolute atomic E-state index is 0.0214. The summed E-state index contributed by atoms with van der Waals surface area (Å²) in [5, 5.41) is 11.3. The largest absolute Gasteiger partial charge is 0.507 e. The lowest BCUT2D eigenvalue weighted by Crippen LogP contribution is -2.29. The van der Waals surface area contributed by atoms with Crippen molar-refractivity contribution in [3.05, 3.63) is 94.0 Å². The SMILES string of the molecule is CCCOc1ccc(C2/C(=C(/O)c3ccc(OC)c(Br)c3)C(=O)C(=O)N2c2ccccc2)cc1. The van der Waals surface area contributed by atoms with Crippen molar-refractivity contribution in [2.75, 3.05) is 18.6 Å². The van der Waals surface area contributed by atoms with Crippen LogP contribution in [0.4, 0.5) is 5.69 Å². The Morgan fingerprint density at radius 1 is 1.03 bits per heavy atom. The van der Waals surface area contributed by atoms with Crippen LogP contribution in [0.25, 0.3) is 5.76 Å². The van der Waals surface area contributed by atoms with Crippen LogP contribution in [-0.2, 0) is 9.59 Å². The minimum atomic E-state index is -0.802. The molecule has 0 spiro atoms. The van der Waals surface area contributed by atoms with Gasteiger partial charge in [0.1, 0.15) is 17.3 Å². The summed E-state index contributed by atoms with van der Waals surface area (Å²) in [4.78, 5) is 27.8. The van der Waals surface area contributed by atoms with Gasteiger partial charge in [-0.15, -0.1) is 0 Å². The molecule has 1 amide bonds. The summed E-state index contributed by atoms with van der Waals surface area (Å²) in [7, 11) is 1.54. The number of methoxy groups -OCH3 is 1. The lowest BCUT2D eigenvalue weighted by Gasteiger charge is -2.25. The van der Waals surface area contributed by atoms with E-state index in [0.29, 0.717) is 39.4 Å². The average Bonchev–Trinajstić information content (AvgIpc) is 3.13. The molecule has 6 nitrogen and oxygen atoms in total. The van der Waals surface area contributed by atoms with Crippen molar-refractivity contribution in [3.63, 3.8) is 0 Å². The van der Waals surface area contributed by atoms with E-state index in [4.69, 9.17) is 9.47 Å². The van der Waals surface area contributed by atoms with E-state index in [1.165, 1.54) is 4.90 Å². The number of carbonyl (C=O) groups is 2. The third-order valence-corrected chi connectivity index (χ3v) is 6.19. The van der Waals surface area contributed by atoms with Crippen molar-refractivity contribution in [2.24, 2.45) is 0 Å². The molecule has 1 fully saturated rings. The van der Waals surface area contributed by atoms with Gasteiger partial charge >= 0.3 is 0 Å². The molecular weight excluding hydrogens is 498 g/mol. The van der Waals surface area contributed by atoms with E-state index in [2.05, 4.69) is 15.9 Å². The Morgan fingerprint density at radius 3 is 2.35 bits per heavy atom. The molecule has 1 heterocycles. The Morgan fingerprint density at radius 2 is 1.74 bits per heavy atom. The van der Waals surface area contributed by atoms with Crippen LogP contribution in [0.3, 0.4) is 0 Å². The second kappa shape index (κ2) is 10.1. The van der Waals surface area contributed by atoms with Gasteiger partial charge in [-0.25, -0.2) is 0 Å². The van der Waals surface area contributed by atoms with Gasteiger partial charge in [0.2, 0.25) is 0 Å². The van der Waals surface area contributed by atoms with Gasteiger partial charge in [-0.05, 0) is 70.4 Å². The first kappa shape index (κ1) is 23.6. The number of carbonyl (C=O) groups excluding carboxylic acids is 2. The minimum Gasteiger partial charge on any atom is -0.507 e. The fourth-order valence-corrected chi connectivity index (χ4v) is 4.48. The van der Waals surface area contributed by atoms with Crippen molar-refractivity contribution in [1.82, 2.24) is 0 Å². The Kier molecular flexibility index (Phi) is 7.03. The number of ether oxygens (including phenoxy) is 2. The first-order valence-electron chi connectivity index (χ1n) is 10.9. The second-order valence-corrected chi connectivity index (χ2v) is 8.63. The van der Waals surface area contributed by atoms with Gasteiger partial charge in [0.25, 0.3) is 11.7 Å². The van der Waals surface area contributed by atoms with Crippen molar-refractivity contribution in [3.8, 4) is 11.5 Å². The number of aliphatic hydroxyl groups excluding tert-OH is 1. The Labute approximate surface area is 206 Å². The predicted octanol–water partition coefficient (Wildman–Crippen LogP) is 5.87. The second-order valence-electron chi connectivity index (χ2n) is 7.77. The molecule has 1 unspecified atom stereocenters. The van der Waals surface area contributed by atoms with Crippen molar-refractivity contribution < 1.29 is 24.2 Å². The molecule has 0 aliphatic carbocycles. The molecule has 1 saturated heterocycles. The highest BCUT2D eigenvalue weighted by Gasteiger charge is 2.46. The molecule has 0 saturated carbocycles. The van der Waals surface area contributed by atoms with Gasteiger partial charge in [0.15, 0.2) is 0 Å². The predicted molar refractivity (Wildman–Crippen MR) is 134 cm³/mol. The highest BCUT2D eigenvalue weighted by atomic mass is 79.9. The molecular formula is C27H24BrNO5. The number of hydrogen-bond acceptors (Lipinski definition) is 5. The fraction of sp³-hybridized carbons (Fsp3) is 0.185. The molecule has 3 aromatic rings. The maximum Gasteiger partial charge on any atom is 0.300 e. The van der Waals surface area contributed by atoms with E-state index < -0.39 is 17.7 Å². The number of nitrogens with zero attached hydrogens (tertiary/aromatic N) is 1. The Bertz CT molecular complexity index is 1240. The molecule has 34 heavy (non-hydrogen) atoms. The van der Waals surface area contributed by atoms with Crippen LogP contribution in [0.1, 0.15) is 30.5 Å². The van der Waals surface area contributed by atoms with Crippen LogP contribution in [0.5, 0.6) is 11.5 Å². The quantitative estimate of drug-likeness (QED) is 0.239. The van der Waals surface area contributed by atoms with E-state index in [-0.39, 0.29) is 11.3 Å². The number of anilines is 1. The summed E-state index contributed by atoms with van der Waals surface area (Å²) in [6.45, 7) is 2.62. The van der Waals surface area contributed by atoms with Crippen LogP contribution < -0.4 is 14.4 Å². The lowest BCUT2D eigenvalue weighted by molar-refractivity contribution is -0.132. The van der Waals surface area contributed by atoms with Crippen molar-refractivity contribution in [2.45, 2.75) is 19.4 Å². The Balaban J connectivity index is 1.86. The number of amides is 1. The zero-order valence-electron chi connectivity index (χ0n) is 18.8. The first-order chi connectivity index (χ1) is 16.5. The number of Topliss-reactive ketones (excluding diaryl/α,β-unsaturated/α-hetero) is 1. The molecule has 0 aromatic heterocycles. The monoisotopic (exact) mass is 521 g/mol.